The van der Waals surface area contributed by atoms with Gasteiger partial charge in [0.1, 0.15) is 18.1 Å². The maximum absolute atomic E-state index is 11.2. The summed E-state index contributed by atoms with van der Waals surface area (Å²) in [7, 11) is 5.60. The van der Waals surface area contributed by atoms with Crippen LogP contribution in [0.3, 0.4) is 0 Å². The Labute approximate surface area is 99.9 Å². The normalized spacial score (nSPS) is 34.3. The number of hydrogen-bond donors (Lipinski definition) is 0. The fourth-order valence-corrected chi connectivity index (χ4v) is 2.50. The van der Waals surface area contributed by atoms with E-state index in [2.05, 4.69) is 21.1 Å². The first-order chi connectivity index (χ1) is 5.38. The summed E-state index contributed by atoms with van der Waals surface area (Å²) in [6.07, 6.45) is 0.181. The van der Waals surface area contributed by atoms with Crippen molar-refractivity contribution in [1.29, 1.82) is 0 Å². The SMILES string of the molecule is C[C@H]1O[C@@H](C[N+](C)(C)C)CS1=O.[I-]. The molecular weight excluding hydrogens is 301 g/mol. The summed E-state index contributed by atoms with van der Waals surface area (Å²) in [6, 6.07) is 0. The highest BCUT2D eigenvalue weighted by atomic mass is 127. The summed E-state index contributed by atoms with van der Waals surface area (Å²) in [4.78, 5) is 0. The molecule has 80 valence electrons. The van der Waals surface area contributed by atoms with E-state index in [0.717, 1.165) is 11.0 Å². The van der Waals surface area contributed by atoms with E-state index in [0.29, 0.717) is 5.75 Å². The summed E-state index contributed by atoms with van der Waals surface area (Å²) < 4.78 is 17.7. The Bertz CT molecular complexity index is 193. The first kappa shape index (κ1) is 13.8. The Morgan fingerprint density at radius 1 is 1.46 bits per heavy atom. The Kier molecular flexibility index (Phi) is 5.35. The predicted octanol–water partition coefficient (Wildman–Crippen LogP) is -2.81. The van der Waals surface area contributed by atoms with Gasteiger partial charge in [-0.05, 0) is 6.92 Å². The van der Waals surface area contributed by atoms with Gasteiger partial charge in [0.05, 0.1) is 37.7 Å². The lowest BCUT2D eigenvalue weighted by Gasteiger charge is -2.26. The zero-order valence-corrected chi connectivity index (χ0v) is 11.6. The van der Waals surface area contributed by atoms with Crippen LogP contribution >= 0.6 is 0 Å². The van der Waals surface area contributed by atoms with Crippen LogP contribution in [0.25, 0.3) is 0 Å². The first-order valence-electron chi connectivity index (χ1n) is 4.21. The van der Waals surface area contributed by atoms with Crippen LogP contribution in [0.15, 0.2) is 0 Å². The Hall–Kier alpha value is 0.800. The summed E-state index contributed by atoms with van der Waals surface area (Å²) >= 11 is 0. The Morgan fingerprint density at radius 3 is 2.31 bits per heavy atom. The van der Waals surface area contributed by atoms with E-state index in [9.17, 15) is 4.21 Å². The second-order valence-electron chi connectivity index (χ2n) is 4.35. The van der Waals surface area contributed by atoms with Gasteiger partial charge in [-0.25, -0.2) is 0 Å². The van der Waals surface area contributed by atoms with E-state index < -0.39 is 10.8 Å². The van der Waals surface area contributed by atoms with E-state index >= 15 is 0 Å². The van der Waals surface area contributed by atoms with Gasteiger partial charge < -0.3 is 33.2 Å². The minimum absolute atomic E-state index is 0. The van der Waals surface area contributed by atoms with Gasteiger partial charge >= 0.3 is 0 Å². The van der Waals surface area contributed by atoms with E-state index in [1.54, 1.807) is 0 Å². The molecule has 13 heavy (non-hydrogen) atoms. The number of quaternary nitrogens is 1. The van der Waals surface area contributed by atoms with Crippen molar-refractivity contribution in [2.45, 2.75) is 18.5 Å². The molecular formula is C8H18INO2S. The molecule has 1 saturated heterocycles. The highest BCUT2D eigenvalue weighted by Crippen LogP contribution is 2.16. The van der Waals surface area contributed by atoms with Crippen molar-refractivity contribution in [3.8, 4) is 0 Å². The zero-order valence-electron chi connectivity index (χ0n) is 8.62. The molecule has 1 unspecified atom stereocenters. The third-order valence-corrected chi connectivity index (χ3v) is 3.41. The van der Waals surface area contributed by atoms with Crippen LogP contribution in [0.5, 0.6) is 0 Å². The highest BCUT2D eigenvalue weighted by Gasteiger charge is 2.32. The number of likely N-dealkylation sites (N-methyl/N-ethyl adjacent to an activating group) is 1. The molecule has 0 aromatic carbocycles. The van der Waals surface area contributed by atoms with Crippen LogP contribution in [0.1, 0.15) is 6.92 Å². The molecule has 0 amide bonds. The fraction of sp³-hybridized carbons (Fsp3) is 1.00. The second kappa shape index (κ2) is 5.04. The van der Waals surface area contributed by atoms with E-state index in [4.69, 9.17) is 4.74 Å². The molecule has 0 aromatic rings. The van der Waals surface area contributed by atoms with Gasteiger partial charge in [-0.2, -0.15) is 0 Å². The molecule has 0 bridgehead atoms. The van der Waals surface area contributed by atoms with Gasteiger partial charge in [0.2, 0.25) is 0 Å². The predicted molar refractivity (Wildman–Crippen MR) is 50.2 cm³/mol. The summed E-state index contributed by atoms with van der Waals surface area (Å²) in [5, 5.41) is 0. The fourth-order valence-electron chi connectivity index (χ4n) is 1.40. The Balaban J connectivity index is 0.00000144. The molecule has 1 heterocycles. The van der Waals surface area contributed by atoms with E-state index in [1.165, 1.54) is 0 Å². The lowest BCUT2D eigenvalue weighted by atomic mass is 10.3. The first-order valence-corrected chi connectivity index (χ1v) is 5.60. The monoisotopic (exact) mass is 319 g/mol. The summed E-state index contributed by atoms with van der Waals surface area (Å²) in [5.41, 5.74) is -0.0680. The number of halogens is 1. The molecule has 1 fully saturated rings. The number of hydrogen-bond acceptors (Lipinski definition) is 2. The molecule has 3 atom stereocenters. The van der Waals surface area contributed by atoms with Crippen molar-refractivity contribution in [3.63, 3.8) is 0 Å². The van der Waals surface area contributed by atoms with Crippen molar-refractivity contribution in [3.05, 3.63) is 0 Å². The smallest absolute Gasteiger partial charge is 0.130 e. The number of nitrogens with zero attached hydrogens (tertiary/aromatic N) is 1. The van der Waals surface area contributed by atoms with Crippen LogP contribution in [-0.4, -0.2) is 53.7 Å². The van der Waals surface area contributed by atoms with Gasteiger partial charge in [0, 0.05) is 0 Å². The third-order valence-electron chi connectivity index (χ3n) is 1.86. The van der Waals surface area contributed by atoms with Crippen LogP contribution in [0, 0.1) is 0 Å². The lowest BCUT2D eigenvalue weighted by molar-refractivity contribution is -0.873. The molecule has 0 saturated carbocycles. The number of rotatable bonds is 2. The summed E-state index contributed by atoms with van der Waals surface area (Å²) in [5.74, 6) is 0.705. The lowest BCUT2D eigenvalue weighted by Crippen LogP contribution is -3.00. The minimum Gasteiger partial charge on any atom is -1.00 e. The van der Waals surface area contributed by atoms with Crippen LogP contribution in [0.2, 0.25) is 0 Å². The summed E-state index contributed by atoms with van der Waals surface area (Å²) in [6.45, 7) is 2.82. The van der Waals surface area contributed by atoms with Crippen molar-refractivity contribution >= 4 is 10.8 Å². The molecule has 0 aliphatic carbocycles. The van der Waals surface area contributed by atoms with Crippen LogP contribution in [-0.2, 0) is 15.5 Å². The Morgan fingerprint density at radius 2 is 2.00 bits per heavy atom. The zero-order chi connectivity index (χ0) is 9.35. The molecule has 0 radical (unpaired) electrons. The minimum atomic E-state index is -0.765. The average molecular weight is 319 g/mol. The standard InChI is InChI=1S/C8H18NO2S.HI/c1-7-11-8(6-12(7)10)5-9(2,3)4;/h7-8H,5-6H2,1-4H3;1H/q+1;/p-1/t7-,8-,12?;/m0./s1. The molecule has 1 aliphatic rings. The van der Waals surface area contributed by atoms with Gasteiger partial charge in [0.25, 0.3) is 0 Å². The molecule has 1 rings (SSSR count). The third kappa shape index (κ3) is 4.71. The average Bonchev–Trinajstić information content (AvgIpc) is 2.07. The highest BCUT2D eigenvalue weighted by molar-refractivity contribution is 7.85. The van der Waals surface area contributed by atoms with Crippen molar-refractivity contribution in [1.82, 2.24) is 0 Å². The van der Waals surface area contributed by atoms with Gasteiger partial charge in [-0.15, -0.1) is 0 Å². The molecule has 1 aliphatic heterocycles. The van der Waals surface area contributed by atoms with Crippen molar-refractivity contribution < 1.29 is 37.4 Å². The van der Waals surface area contributed by atoms with Gasteiger partial charge in [-0.1, -0.05) is 0 Å². The quantitative estimate of drug-likeness (QED) is 0.406. The van der Waals surface area contributed by atoms with Crippen LogP contribution in [0.4, 0.5) is 0 Å². The second-order valence-corrected chi connectivity index (χ2v) is 6.10. The number of ether oxygens (including phenoxy) is 1. The molecule has 5 heteroatoms. The molecule has 3 nitrogen and oxygen atoms in total. The molecule has 0 aromatic heterocycles. The van der Waals surface area contributed by atoms with Crippen molar-refractivity contribution in [2.75, 3.05) is 33.4 Å². The maximum Gasteiger partial charge on any atom is 0.130 e. The molecule has 0 N–H and O–H groups in total. The molecule has 0 spiro atoms. The van der Waals surface area contributed by atoms with Gasteiger partial charge in [0.15, 0.2) is 0 Å². The van der Waals surface area contributed by atoms with Crippen LogP contribution < -0.4 is 24.0 Å². The van der Waals surface area contributed by atoms with Gasteiger partial charge in [-0.3, -0.25) is 4.21 Å². The largest absolute Gasteiger partial charge is 1.00 e. The van der Waals surface area contributed by atoms with Crippen molar-refractivity contribution in [2.24, 2.45) is 0 Å². The topological polar surface area (TPSA) is 26.3 Å². The maximum atomic E-state index is 11.2. The van der Waals surface area contributed by atoms with E-state index in [1.807, 2.05) is 6.92 Å². The van der Waals surface area contributed by atoms with E-state index in [-0.39, 0.29) is 35.5 Å².